The average molecular weight is 985 g/mol. The van der Waals surface area contributed by atoms with E-state index in [0.717, 1.165) is 21.7 Å². The van der Waals surface area contributed by atoms with Gasteiger partial charge in [-0.1, -0.05) is 61.9 Å². The van der Waals surface area contributed by atoms with Crippen LogP contribution >= 0.6 is 22.9 Å². The maximum Gasteiger partial charge on any atom is 0.246 e. The summed E-state index contributed by atoms with van der Waals surface area (Å²) in [4.78, 5) is 68.9. The number of β-amino-alcohol motifs (C(OH)–C–C–N with tert-alkyl or cyclic N) is 1. The number of nitrogens with one attached hydrogen (secondary N) is 4. The number of hydrogen-bond donors (Lipinski definition) is 5. The quantitative estimate of drug-likeness (QED) is 0.0533. The molecule has 0 aliphatic carbocycles. The first kappa shape index (κ1) is 50.1. The Morgan fingerprint density at radius 1 is 0.971 bits per heavy atom. The molecule has 0 bridgehead atoms. The molecule has 5 N–H and O–H groups in total. The lowest BCUT2D eigenvalue weighted by molar-refractivity contribution is -0.144. The minimum Gasteiger partial charge on any atom is -0.493 e. The number of aliphatic hydroxyl groups excluding tert-OH is 1. The van der Waals surface area contributed by atoms with Crippen LogP contribution in [0, 0.1) is 18.2 Å². The zero-order valence-electron chi connectivity index (χ0n) is 38.9. The van der Waals surface area contributed by atoms with E-state index in [4.69, 9.17) is 21.1 Å². The third-order valence-electron chi connectivity index (χ3n) is 11.5. The summed E-state index contributed by atoms with van der Waals surface area (Å²) >= 11 is 7.52. The summed E-state index contributed by atoms with van der Waals surface area (Å²) < 4.78 is 26.8. The van der Waals surface area contributed by atoms with Gasteiger partial charge < -0.3 is 40.7 Å². The van der Waals surface area contributed by atoms with E-state index in [1.165, 1.54) is 30.5 Å². The maximum atomic E-state index is 14.1. The summed E-state index contributed by atoms with van der Waals surface area (Å²) in [5, 5.41) is 31.3. The number of methoxy groups -OCH3 is 1. The first-order valence-corrected chi connectivity index (χ1v) is 23.7. The lowest BCUT2D eigenvalue weighted by Crippen LogP contribution is -2.57. The highest BCUT2D eigenvalue weighted by Gasteiger charge is 2.44. The fourth-order valence-corrected chi connectivity index (χ4v) is 8.78. The number of carbonyl (C=O) groups is 4. The molecule has 364 valence electrons. The summed E-state index contributed by atoms with van der Waals surface area (Å²) in [6, 6.07) is 13.7. The number of nitrogens with zero attached hydrogens (tertiary/aromatic N) is 7. The van der Waals surface area contributed by atoms with Crippen LogP contribution in [-0.2, 0) is 38.8 Å². The van der Waals surface area contributed by atoms with Crippen molar-refractivity contribution in [1.82, 2.24) is 50.8 Å². The van der Waals surface area contributed by atoms with Crippen molar-refractivity contribution in [2.24, 2.45) is 5.41 Å². The molecule has 4 heterocycles. The van der Waals surface area contributed by atoms with Crippen molar-refractivity contribution in [2.45, 2.75) is 97.6 Å². The Morgan fingerprint density at radius 2 is 1.75 bits per heavy atom. The first-order valence-electron chi connectivity index (χ1n) is 22.4. The first-order chi connectivity index (χ1) is 33.1. The Hall–Kier alpha value is -6.77. The van der Waals surface area contributed by atoms with Crippen LogP contribution in [0.25, 0.3) is 21.3 Å². The largest absolute Gasteiger partial charge is 0.493 e. The maximum absolute atomic E-state index is 14.1. The van der Waals surface area contributed by atoms with Crippen molar-refractivity contribution in [3.8, 4) is 21.9 Å². The zero-order chi connectivity index (χ0) is 49.2. The summed E-state index contributed by atoms with van der Waals surface area (Å²) in [6.07, 6.45) is 3.33. The van der Waals surface area contributed by atoms with Crippen LogP contribution < -0.4 is 30.7 Å². The van der Waals surface area contributed by atoms with Crippen LogP contribution in [-0.4, -0.2) is 102 Å². The highest BCUT2D eigenvalue weighted by atomic mass is 35.5. The van der Waals surface area contributed by atoms with E-state index in [1.54, 1.807) is 45.9 Å². The lowest BCUT2D eigenvalue weighted by Gasteiger charge is -2.35. The van der Waals surface area contributed by atoms with Crippen molar-refractivity contribution in [3.05, 3.63) is 100 Å². The normalized spacial score (nSPS) is 15.2. The molecule has 21 heteroatoms. The van der Waals surface area contributed by atoms with E-state index < -0.39 is 35.3 Å². The van der Waals surface area contributed by atoms with Gasteiger partial charge in [0.25, 0.3) is 0 Å². The molecule has 0 unspecified atom stereocenters. The predicted molar refractivity (Wildman–Crippen MR) is 258 cm³/mol. The lowest BCUT2D eigenvalue weighted by atomic mass is 9.85. The molecule has 1 fully saturated rings. The number of amides is 4. The van der Waals surface area contributed by atoms with Gasteiger partial charge in [0.15, 0.2) is 11.5 Å². The molecule has 1 aliphatic rings. The molecular formula is C48H55ClFN11O7S. The Kier molecular flexibility index (Phi) is 16.4. The number of carbonyl (C=O) groups excluding carboxylic acids is 4. The molecule has 0 saturated carbocycles. The summed E-state index contributed by atoms with van der Waals surface area (Å²) in [5.74, 6) is -0.594. The second-order valence-corrected chi connectivity index (χ2v) is 19.0. The molecule has 3 atom stereocenters. The number of anilines is 2. The van der Waals surface area contributed by atoms with Gasteiger partial charge in [-0.15, -0.1) is 16.4 Å². The van der Waals surface area contributed by atoms with Gasteiger partial charge in [-0.2, -0.15) is 0 Å². The fourth-order valence-electron chi connectivity index (χ4n) is 7.78. The van der Waals surface area contributed by atoms with Gasteiger partial charge in [-0.3, -0.25) is 23.9 Å². The van der Waals surface area contributed by atoms with Crippen molar-refractivity contribution in [1.29, 1.82) is 0 Å². The van der Waals surface area contributed by atoms with Crippen molar-refractivity contribution < 1.29 is 38.1 Å². The number of hydrogen-bond acceptors (Lipinski definition) is 14. The summed E-state index contributed by atoms with van der Waals surface area (Å²) in [7, 11) is 1.51. The molecule has 3 aromatic carbocycles. The SMILES string of the molecule is COc1cc2ncnc(Nc3ccc(F)c(Cl)c3)c2cc1OCCCC(=O)NCc1cn(CCCC(=O)N[C@H](C(=O)N2C[C@H](O)C[C@H]2C(=O)NCc2ccc(-c3scnc3C)cc2)C(C)(C)C)nn1. The number of likely N-dealkylation sites (tertiary alicyclic amines) is 1. The van der Waals surface area contributed by atoms with Crippen LogP contribution in [0.1, 0.15) is 69.8 Å². The fraction of sp³-hybridized carbons (Fsp3) is 0.396. The molecule has 3 aromatic heterocycles. The number of aromatic nitrogens is 6. The number of halogens is 2. The molecule has 7 rings (SSSR count). The van der Waals surface area contributed by atoms with Crippen LogP contribution in [0.4, 0.5) is 15.9 Å². The van der Waals surface area contributed by atoms with E-state index in [9.17, 15) is 28.7 Å². The summed E-state index contributed by atoms with van der Waals surface area (Å²) in [6.45, 7) is 8.40. The third kappa shape index (κ3) is 13.1. The van der Waals surface area contributed by atoms with E-state index in [0.29, 0.717) is 59.0 Å². The van der Waals surface area contributed by atoms with Crippen LogP contribution in [0.2, 0.25) is 5.02 Å². The highest BCUT2D eigenvalue weighted by Crippen LogP contribution is 2.35. The molecule has 1 aliphatic heterocycles. The summed E-state index contributed by atoms with van der Waals surface area (Å²) in [5.41, 5.74) is 5.63. The Labute approximate surface area is 407 Å². The standard InChI is InChI=1S/C48H55ClFN11O7S/c1-28-43(69-27-55-28)30-12-10-29(11-13-30)22-52-46(65)38-19-33(62)25-61(38)47(66)44(48(2,3)4)57-42(64)8-6-16-60-24-32(58-59-60)23-51-41(63)9-7-17-68-40-20-34-37(21-39(40)67-5)53-26-54-45(34)56-31-14-15-36(50)35(49)18-31/h10-15,18,20-21,24,26-27,33,38,44,62H,6-9,16-17,19,22-23,25H2,1-5H3,(H,51,63)(H,52,65)(H,57,64)(H,53,54,56)/t33-,38+,44-/m1/s1. The van der Waals surface area contributed by atoms with E-state index in [1.807, 2.05) is 52.0 Å². The van der Waals surface area contributed by atoms with Crippen LogP contribution in [0.5, 0.6) is 11.5 Å². The topological polar surface area (TPSA) is 228 Å². The average Bonchev–Trinajstić information content (AvgIpc) is 4.08. The van der Waals surface area contributed by atoms with Gasteiger partial charge in [0.2, 0.25) is 23.6 Å². The minimum absolute atomic E-state index is 0.0250. The van der Waals surface area contributed by atoms with Gasteiger partial charge in [-0.25, -0.2) is 19.3 Å². The second-order valence-electron chi connectivity index (χ2n) is 17.7. The molecule has 6 aromatic rings. The molecule has 18 nitrogen and oxygen atoms in total. The molecule has 0 spiro atoms. The van der Waals surface area contributed by atoms with E-state index in [-0.39, 0.29) is 68.2 Å². The van der Waals surface area contributed by atoms with Gasteiger partial charge in [-0.05, 0) is 60.6 Å². The number of aryl methyl sites for hydroxylation is 2. The second kappa shape index (κ2) is 22.6. The number of rotatable bonds is 20. The molecular weight excluding hydrogens is 929 g/mol. The molecule has 4 amide bonds. The third-order valence-corrected chi connectivity index (χ3v) is 12.7. The van der Waals surface area contributed by atoms with E-state index in [2.05, 4.69) is 46.5 Å². The van der Waals surface area contributed by atoms with Crippen molar-refractivity contribution >= 4 is 69.0 Å². The number of aliphatic hydroxyl groups is 1. The van der Waals surface area contributed by atoms with Gasteiger partial charge >= 0.3 is 0 Å². The van der Waals surface area contributed by atoms with E-state index >= 15 is 0 Å². The van der Waals surface area contributed by atoms with Gasteiger partial charge in [0.05, 0.1) is 59.2 Å². The minimum atomic E-state index is -0.954. The Morgan fingerprint density at radius 3 is 2.48 bits per heavy atom. The Balaban J connectivity index is 0.831. The van der Waals surface area contributed by atoms with Crippen LogP contribution in [0.15, 0.2) is 72.6 Å². The number of benzene rings is 3. The number of ether oxygens (including phenoxy) is 2. The molecule has 0 radical (unpaired) electrons. The molecule has 69 heavy (non-hydrogen) atoms. The number of thiazole rings is 1. The Bertz CT molecular complexity index is 2780. The van der Waals surface area contributed by atoms with Crippen LogP contribution in [0.3, 0.4) is 0 Å². The van der Waals surface area contributed by atoms with Crippen molar-refractivity contribution in [2.75, 3.05) is 25.6 Å². The smallest absolute Gasteiger partial charge is 0.246 e. The predicted octanol–water partition coefficient (Wildman–Crippen LogP) is 6.26. The van der Waals surface area contributed by atoms with Gasteiger partial charge in [0, 0.05) is 56.0 Å². The molecule has 1 saturated heterocycles. The highest BCUT2D eigenvalue weighted by molar-refractivity contribution is 7.13. The van der Waals surface area contributed by atoms with Crippen molar-refractivity contribution in [3.63, 3.8) is 0 Å². The van der Waals surface area contributed by atoms with Gasteiger partial charge in [0.1, 0.15) is 35.7 Å². The monoisotopic (exact) mass is 983 g/mol. The zero-order valence-corrected chi connectivity index (χ0v) is 40.5. The number of fused-ring (bicyclic) bond motifs is 1.